The fourth-order valence-electron chi connectivity index (χ4n) is 3.23. The van der Waals surface area contributed by atoms with Crippen molar-refractivity contribution in [2.75, 3.05) is 26.2 Å². The van der Waals surface area contributed by atoms with Crippen LogP contribution in [0.1, 0.15) is 15.9 Å². The zero-order valence-corrected chi connectivity index (χ0v) is 16.7. The molecule has 2 heterocycles. The molecule has 9 nitrogen and oxygen atoms in total. The topological polar surface area (TPSA) is 101 Å². The molecule has 0 saturated carbocycles. The van der Waals surface area contributed by atoms with Gasteiger partial charge in [0.2, 0.25) is 10.0 Å². The lowest BCUT2D eigenvalue weighted by atomic mass is 10.1. The molecule has 4 rings (SSSR count). The van der Waals surface area contributed by atoms with Gasteiger partial charge in [-0.05, 0) is 47.7 Å². The summed E-state index contributed by atoms with van der Waals surface area (Å²) in [5.74, 6) is -0.146. The van der Waals surface area contributed by atoms with Crippen molar-refractivity contribution < 1.29 is 13.2 Å². The lowest BCUT2D eigenvalue weighted by Crippen LogP contribution is -2.50. The first-order valence-electron chi connectivity index (χ1n) is 9.15. The highest BCUT2D eigenvalue weighted by Crippen LogP contribution is 2.19. The van der Waals surface area contributed by atoms with E-state index in [2.05, 4.69) is 15.5 Å². The van der Waals surface area contributed by atoms with Gasteiger partial charge in [-0.1, -0.05) is 23.8 Å². The van der Waals surface area contributed by atoms with E-state index in [0.29, 0.717) is 24.3 Å². The van der Waals surface area contributed by atoms with Gasteiger partial charge in [-0.2, -0.15) is 4.31 Å². The average molecular weight is 412 g/mol. The lowest BCUT2D eigenvalue weighted by Gasteiger charge is -2.34. The SMILES string of the molecule is Cc1ccc(S(=O)(=O)N2CCN(C(=O)c3cccc(-n4cnnn4)c3)CC2)cc1. The molecule has 1 aromatic heterocycles. The summed E-state index contributed by atoms with van der Waals surface area (Å²) in [7, 11) is -3.56. The van der Waals surface area contributed by atoms with Gasteiger partial charge in [-0.25, -0.2) is 13.1 Å². The summed E-state index contributed by atoms with van der Waals surface area (Å²) in [5.41, 5.74) is 2.19. The smallest absolute Gasteiger partial charge is 0.254 e. The van der Waals surface area contributed by atoms with Crippen LogP contribution in [0.4, 0.5) is 0 Å². The molecule has 0 radical (unpaired) electrons. The molecule has 29 heavy (non-hydrogen) atoms. The molecule has 1 aliphatic rings. The summed E-state index contributed by atoms with van der Waals surface area (Å²) >= 11 is 0. The Morgan fingerprint density at radius 2 is 1.72 bits per heavy atom. The first-order valence-corrected chi connectivity index (χ1v) is 10.6. The van der Waals surface area contributed by atoms with E-state index in [1.54, 1.807) is 53.4 Å². The molecule has 1 saturated heterocycles. The Kier molecular flexibility index (Phi) is 5.12. The third-order valence-electron chi connectivity index (χ3n) is 4.89. The van der Waals surface area contributed by atoms with Crippen molar-refractivity contribution in [3.05, 3.63) is 66.0 Å². The fraction of sp³-hybridized carbons (Fsp3) is 0.263. The molecular weight excluding hydrogens is 392 g/mol. The molecule has 0 spiro atoms. The standard InChI is InChI=1S/C19H20N6O3S/c1-15-5-7-18(8-6-15)29(27,28)24-11-9-23(10-12-24)19(26)16-3-2-4-17(13-16)25-14-20-21-22-25/h2-8,13-14H,9-12H2,1H3. The second-order valence-electron chi connectivity index (χ2n) is 6.81. The molecule has 1 fully saturated rings. The van der Waals surface area contributed by atoms with Gasteiger partial charge >= 0.3 is 0 Å². The van der Waals surface area contributed by atoms with Gasteiger partial charge in [0.15, 0.2) is 0 Å². The Morgan fingerprint density at radius 3 is 2.38 bits per heavy atom. The number of hydrogen-bond acceptors (Lipinski definition) is 6. The molecule has 0 unspecified atom stereocenters. The third-order valence-corrected chi connectivity index (χ3v) is 6.80. The van der Waals surface area contributed by atoms with Gasteiger partial charge in [0.25, 0.3) is 5.91 Å². The van der Waals surface area contributed by atoms with Crippen LogP contribution in [0, 0.1) is 6.92 Å². The second-order valence-corrected chi connectivity index (χ2v) is 8.75. The minimum absolute atomic E-state index is 0.146. The molecule has 0 N–H and O–H groups in total. The number of piperazine rings is 1. The first-order chi connectivity index (χ1) is 13.9. The number of tetrazole rings is 1. The third kappa shape index (κ3) is 3.89. The van der Waals surface area contributed by atoms with E-state index >= 15 is 0 Å². The van der Waals surface area contributed by atoms with Gasteiger partial charge in [0.05, 0.1) is 10.6 Å². The van der Waals surface area contributed by atoms with E-state index in [4.69, 9.17) is 0 Å². The Labute approximate surface area is 168 Å². The van der Waals surface area contributed by atoms with Crippen molar-refractivity contribution in [1.29, 1.82) is 0 Å². The maximum atomic E-state index is 12.9. The van der Waals surface area contributed by atoms with Crippen LogP contribution in [0.3, 0.4) is 0 Å². The van der Waals surface area contributed by atoms with Gasteiger partial charge in [-0.3, -0.25) is 4.79 Å². The number of amides is 1. The number of aryl methyl sites for hydroxylation is 1. The maximum Gasteiger partial charge on any atom is 0.254 e. The van der Waals surface area contributed by atoms with E-state index in [9.17, 15) is 13.2 Å². The molecule has 1 amide bonds. The van der Waals surface area contributed by atoms with Crippen molar-refractivity contribution in [2.24, 2.45) is 0 Å². The number of nitrogens with zero attached hydrogens (tertiary/aromatic N) is 6. The van der Waals surface area contributed by atoms with Crippen LogP contribution in [0.25, 0.3) is 5.69 Å². The molecule has 0 bridgehead atoms. The van der Waals surface area contributed by atoms with E-state index in [1.165, 1.54) is 15.3 Å². The van der Waals surface area contributed by atoms with E-state index in [-0.39, 0.29) is 23.9 Å². The van der Waals surface area contributed by atoms with Crippen molar-refractivity contribution >= 4 is 15.9 Å². The summed E-state index contributed by atoms with van der Waals surface area (Å²) in [5, 5.41) is 11.0. The molecule has 3 aromatic rings. The zero-order chi connectivity index (χ0) is 20.4. The van der Waals surface area contributed by atoms with Crippen LogP contribution < -0.4 is 0 Å². The first kappa shape index (κ1) is 19.2. The van der Waals surface area contributed by atoms with Crippen LogP contribution in [0.2, 0.25) is 0 Å². The normalized spacial score (nSPS) is 15.4. The predicted molar refractivity (Wildman–Crippen MR) is 105 cm³/mol. The van der Waals surface area contributed by atoms with Crippen LogP contribution in [-0.2, 0) is 10.0 Å². The van der Waals surface area contributed by atoms with Crippen LogP contribution in [0.15, 0.2) is 59.8 Å². The fourth-order valence-corrected chi connectivity index (χ4v) is 4.66. The van der Waals surface area contributed by atoms with Crippen molar-refractivity contribution in [2.45, 2.75) is 11.8 Å². The van der Waals surface area contributed by atoms with E-state index in [1.807, 2.05) is 6.92 Å². The molecule has 150 valence electrons. The number of rotatable bonds is 4. The number of aromatic nitrogens is 4. The lowest BCUT2D eigenvalue weighted by molar-refractivity contribution is 0.0698. The Balaban J connectivity index is 1.45. The van der Waals surface area contributed by atoms with Gasteiger partial charge in [0, 0.05) is 31.7 Å². The predicted octanol–water partition coefficient (Wildman–Crippen LogP) is 1.12. The monoisotopic (exact) mass is 412 g/mol. The number of benzene rings is 2. The van der Waals surface area contributed by atoms with Crippen molar-refractivity contribution in [1.82, 2.24) is 29.4 Å². The number of carbonyl (C=O) groups is 1. The highest BCUT2D eigenvalue weighted by molar-refractivity contribution is 7.89. The number of sulfonamides is 1. The second kappa shape index (κ2) is 7.72. The Morgan fingerprint density at radius 1 is 1.00 bits per heavy atom. The van der Waals surface area contributed by atoms with E-state index in [0.717, 1.165) is 5.56 Å². The summed E-state index contributed by atoms with van der Waals surface area (Å²) in [6.07, 6.45) is 1.46. The molecule has 2 aromatic carbocycles. The minimum atomic E-state index is -3.56. The summed E-state index contributed by atoms with van der Waals surface area (Å²) < 4.78 is 28.5. The zero-order valence-electron chi connectivity index (χ0n) is 15.8. The van der Waals surface area contributed by atoms with Crippen molar-refractivity contribution in [3.8, 4) is 5.69 Å². The molecular formula is C19H20N6O3S. The molecule has 0 aliphatic carbocycles. The van der Waals surface area contributed by atoms with Crippen molar-refractivity contribution in [3.63, 3.8) is 0 Å². The highest BCUT2D eigenvalue weighted by Gasteiger charge is 2.30. The van der Waals surface area contributed by atoms with E-state index < -0.39 is 10.0 Å². The number of hydrogen-bond donors (Lipinski definition) is 0. The summed E-state index contributed by atoms with van der Waals surface area (Å²) in [4.78, 5) is 14.8. The van der Waals surface area contributed by atoms with Gasteiger partial charge < -0.3 is 4.90 Å². The van der Waals surface area contributed by atoms with Gasteiger partial charge in [0.1, 0.15) is 6.33 Å². The van der Waals surface area contributed by atoms with Crippen LogP contribution >= 0.6 is 0 Å². The summed E-state index contributed by atoms with van der Waals surface area (Å²) in [6, 6.07) is 13.8. The number of carbonyl (C=O) groups excluding carboxylic acids is 1. The molecule has 0 atom stereocenters. The maximum absolute atomic E-state index is 12.9. The largest absolute Gasteiger partial charge is 0.336 e. The highest BCUT2D eigenvalue weighted by atomic mass is 32.2. The quantitative estimate of drug-likeness (QED) is 0.636. The Bertz CT molecular complexity index is 1110. The molecule has 10 heteroatoms. The van der Waals surface area contributed by atoms with Gasteiger partial charge in [-0.15, -0.1) is 5.10 Å². The Hall–Kier alpha value is -3.11. The average Bonchev–Trinajstić information content (AvgIpc) is 3.29. The van der Waals surface area contributed by atoms with Crippen LogP contribution in [-0.4, -0.2) is 69.9 Å². The molecule has 1 aliphatic heterocycles. The van der Waals surface area contributed by atoms with Crippen LogP contribution in [0.5, 0.6) is 0 Å². The summed E-state index contributed by atoms with van der Waals surface area (Å²) in [6.45, 7) is 3.09. The minimum Gasteiger partial charge on any atom is -0.336 e.